The van der Waals surface area contributed by atoms with Crippen molar-refractivity contribution in [2.45, 2.75) is 13.1 Å². The van der Waals surface area contributed by atoms with E-state index in [4.69, 9.17) is 30.9 Å². The van der Waals surface area contributed by atoms with E-state index in [2.05, 4.69) is 9.97 Å². The van der Waals surface area contributed by atoms with Gasteiger partial charge in [0.1, 0.15) is 21.4 Å². The van der Waals surface area contributed by atoms with Crippen LogP contribution in [0.1, 0.15) is 40.1 Å². The zero-order valence-corrected chi connectivity index (χ0v) is 29.8. The first-order valence-electron chi connectivity index (χ1n) is 16.0. The lowest BCUT2D eigenvalue weighted by Crippen LogP contribution is -2.12. The fourth-order valence-corrected chi connectivity index (χ4v) is 8.72. The highest BCUT2D eigenvalue weighted by Crippen LogP contribution is 2.45. The molecule has 0 saturated carbocycles. The Bertz CT molecular complexity index is 2710. The summed E-state index contributed by atoms with van der Waals surface area (Å²) < 4.78 is 16.0. The number of hydrogen-bond donors (Lipinski definition) is 4. The van der Waals surface area contributed by atoms with Gasteiger partial charge in [0.15, 0.2) is 0 Å². The SMILES string of the molecule is COc1nccc2sc(C(=O)O)c(-c3nc4cc(C(N)=O)ccc4n3CCn3c(-c4c(C(=O)O)sc5ccnc(OC)c45)nc4cc(C(N)=O)ccc43)c12. The van der Waals surface area contributed by atoms with E-state index in [9.17, 15) is 29.4 Å². The lowest BCUT2D eigenvalue weighted by molar-refractivity contribution is 0.0692. The van der Waals surface area contributed by atoms with Gasteiger partial charge >= 0.3 is 11.9 Å². The van der Waals surface area contributed by atoms with E-state index in [1.807, 2.05) is 0 Å². The number of aromatic carboxylic acids is 2. The first kappa shape index (κ1) is 34.2. The van der Waals surface area contributed by atoms with Gasteiger partial charge in [-0.3, -0.25) is 9.59 Å². The fourth-order valence-electron chi connectivity index (χ4n) is 6.67. The number of imidazole rings is 2. The van der Waals surface area contributed by atoms with Crippen molar-refractivity contribution in [3.8, 4) is 34.5 Å². The zero-order chi connectivity index (χ0) is 38.0. The van der Waals surface area contributed by atoms with Crippen molar-refractivity contribution in [3.63, 3.8) is 0 Å². The molecule has 54 heavy (non-hydrogen) atoms. The number of methoxy groups -OCH3 is 2. The van der Waals surface area contributed by atoms with E-state index in [-0.39, 0.29) is 68.5 Å². The summed E-state index contributed by atoms with van der Waals surface area (Å²) in [6, 6.07) is 12.9. The molecule has 0 aliphatic heterocycles. The third-order valence-corrected chi connectivity index (χ3v) is 11.3. The second kappa shape index (κ2) is 12.9. The molecule has 0 bridgehead atoms. The number of primary amides is 2. The molecule has 0 atom stereocenters. The van der Waals surface area contributed by atoms with Crippen LogP contribution >= 0.6 is 22.7 Å². The molecule has 0 aliphatic carbocycles. The molecule has 6 aromatic heterocycles. The summed E-state index contributed by atoms with van der Waals surface area (Å²) >= 11 is 2.08. The molecule has 270 valence electrons. The number of carboxylic acids is 2. The molecule has 0 unspecified atom stereocenters. The standard InChI is InChI=1S/C36H26N8O8S2/c1-51-33-23-21(7-9-39-33)53-27(35(47)48)25(23)31-41-17-13-15(29(37)45)3-5-19(17)43(31)11-12-44-20-6-4-16(30(38)46)14-18(20)42-32(44)26-24-22(54-28(26)36(49)50)8-10-40-34(24)52-2/h3-10,13-14H,11-12H2,1-2H3,(H2,37,45)(H2,38,46)(H,47,48)(H,49,50). The first-order valence-corrected chi connectivity index (χ1v) is 17.6. The summed E-state index contributed by atoms with van der Waals surface area (Å²) in [5.74, 6) is -2.82. The number of amides is 2. The zero-order valence-electron chi connectivity index (χ0n) is 28.2. The average molecular weight is 763 g/mol. The van der Waals surface area contributed by atoms with Crippen molar-refractivity contribution < 1.29 is 38.9 Å². The molecule has 0 saturated heterocycles. The van der Waals surface area contributed by atoms with Gasteiger partial charge in [-0.1, -0.05) is 0 Å². The van der Waals surface area contributed by atoms with Crippen LogP contribution in [0.4, 0.5) is 0 Å². The maximum atomic E-state index is 12.8. The predicted molar refractivity (Wildman–Crippen MR) is 201 cm³/mol. The molecule has 0 aliphatic rings. The summed E-state index contributed by atoms with van der Waals surface area (Å²) in [5, 5.41) is 21.7. The number of nitrogens with zero attached hydrogens (tertiary/aromatic N) is 6. The van der Waals surface area contributed by atoms with Crippen LogP contribution in [0.25, 0.3) is 65.0 Å². The minimum Gasteiger partial charge on any atom is -0.481 e. The number of nitrogens with two attached hydrogens (primary N) is 2. The molecule has 0 fully saturated rings. The lowest BCUT2D eigenvalue weighted by Gasteiger charge is -2.14. The third kappa shape index (κ3) is 5.34. The van der Waals surface area contributed by atoms with Gasteiger partial charge in [-0.2, -0.15) is 0 Å². The Labute approximate surface area is 310 Å². The number of hydrogen-bond acceptors (Lipinski definition) is 12. The Kier molecular flexibility index (Phi) is 8.19. The third-order valence-electron chi connectivity index (χ3n) is 8.97. The van der Waals surface area contributed by atoms with E-state index < -0.39 is 23.8 Å². The number of carbonyl (C=O) groups excluding carboxylic acids is 2. The molecule has 8 rings (SSSR count). The van der Waals surface area contributed by atoms with E-state index in [1.54, 1.807) is 45.5 Å². The van der Waals surface area contributed by atoms with E-state index in [0.29, 0.717) is 42.2 Å². The number of aromatic nitrogens is 6. The molecular weight excluding hydrogens is 737 g/mol. The quantitative estimate of drug-likeness (QED) is 0.132. The number of aryl methyl sites for hydroxylation is 2. The van der Waals surface area contributed by atoms with Gasteiger partial charge in [0.05, 0.1) is 58.2 Å². The van der Waals surface area contributed by atoms with E-state index >= 15 is 0 Å². The van der Waals surface area contributed by atoms with Gasteiger partial charge < -0.3 is 40.3 Å². The van der Waals surface area contributed by atoms with E-state index in [1.165, 1.54) is 38.7 Å². The van der Waals surface area contributed by atoms with Crippen molar-refractivity contribution in [3.05, 3.63) is 81.8 Å². The van der Waals surface area contributed by atoms with Gasteiger partial charge in [-0.05, 0) is 48.5 Å². The highest BCUT2D eigenvalue weighted by molar-refractivity contribution is 7.22. The van der Waals surface area contributed by atoms with Crippen LogP contribution in [0.3, 0.4) is 0 Å². The molecule has 6 heterocycles. The van der Waals surface area contributed by atoms with Gasteiger partial charge in [0, 0.05) is 46.0 Å². The summed E-state index contributed by atoms with van der Waals surface area (Å²) in [6.07, 6.45) is 3.04. The van der Waals surface area contributed by atoms with Crippen LogP contribution in [0.15, 0.2) is 60.9 Å². The number of fused-ring (bicyclic) bond motifs is 4. The maximum absolute atomic E-state index is 12.8. The Hall–Kier alpha value is -6.92. The predicted octanol–water partition coefficient (Wildman–Crippen LogP) is 5.25. The molecule has 2 aromatic carbocycles. The summed E-state index contributed by atoms with van der Waals surface area (Å²) in [5.41, 5.74) is 14.0. The highest BCUT2D eigenvalue weighted by Gasteiger charge is 2.30. The minimum atomic E-state index is -1.19. The van der Waals surface area contributed by atoms with Gasteiger partial charge in [-0.25, -0.2) is 29.5 Å². The van der Waals surface area contributed by atoms with Crippen molar-refractivity contribution in [1.29, 1.82) is 0 Å². The van der Waals surface area contributed by atoms with Crippen LogP contribution in [-0.2, 0) is 13.1 Å². The van der Waals surface area contributed by atoms with Gasteiger partial charge in [0.25, 0.3) is 0 Å². The number of rotatable bonds is 11. The highest BCUT2D eigenvalue weighted by atomic mass is 32.1. The second-order valence-corrected chi connectivity index (χ2v) is 14.0. The second-order valence-electron chi connectivity index (χ2n) is 11.9. The van der Waals surface area contributed by atoms with Crippen LogP contribution in [0, 0.1) is 0 Å². The Balaban J connectivity index is 1.39. The molecule has 18 heteroatoms. The van der Waals surface area contributed by atoms with Crippen molar-refractivity contribution >= 4 is 88.7 Å². The Morgan fingerprint density at radius 2 is 1.07 bits per heavy atom. The normalized spacial score (nSPS) is 11.5. The van der Waals surface area contributed by atoms with Crippen LogP contribution in [-0.4, -0.2) is 77.3 Å². The number of thiophene rings is 2. The smallest absolute Gasteiger partial charge is 0.346 e. The number of benzene rings is 2. The van der Waals surface area contributed by atoms with Crippen molar-refractivity contribution in [2.24, 2.45) is 11.5 Å². The van der Waals surface area contributed by atoms with Crippen molar-refractivity contribution in [2.75, 3.05) is 14.2 Å². The maximum Gasteiger partial charge on any atom is 0.346 e. The molecule has 16 nitrogen and oxygen atoms in total. The fraction of sp³-hybridized carbons (Fsp3) is 0.111. The average Bonchev–Trinajstić information content (AvgIpc) is 3.92. The van der Waals surface area contributed by atoms with Crippen LogP contribution in [0.2, 0.25) is 0 Å². The van der Waals surface area contributed by atoms with Gasteiger partial charge in [-0.15, -0.1) is 22.7 Å². The largest absolute Gasteiger partial charge is 0.481 e. The molecule has 0 spiro atoms. The number of carbonyl (C=O) groups is 4. The number of ether oxygens (including phenoxy) is 2. The summed E-state index contributed by atoms with van der Waals surface area (Å²) in [7, 11) is 2.87. The molecular formula is C36H26N8O8S2. The lowest BCUT2D eigenvalue weighted by atomic mass is 10.1. The molecule has 6 N–H and O–H groups in total. The first-order chi connectivity index (χ1) is 26.0. The van der Waals surface area contributed by atoms with Crippen molar-refractivity contribution in [1.82, 2.24) is 29.1 Å². The molecule has 0 radical (unpaired) electrons. The summed E-state index contributed by atoms with van der Waals surface area (Å²) in [4.78, 5) is 68.3. The molecule has 2 amide bonds. The Morgan fingerprint density at radius 3 is 1.43 bits per heavy atom. The monoisotopic (exact) mass is 762 g/mol. The minimum absolute atomic E-state index is 0.00818. The van der Waals surface area contributed by atoms with Crippen LogP contribution < -0.4 is 20.9 Å². The summed E-state index contributed by atoms with van der Waals surface area (Å²) in [6.45, 7) is 0.243. The Morgan fingerprint density at radius 1 is 0.667 bits per heavy atom. The van der Waals surface area contributed by atoms with Gasteiger partial charge in [0.2, 0.25) is 23.6 Å². The molecule has 8 aromatic rings. The topological polar surface area (TPSA) is 241 Å². The van der Waals surface area contributed by atoms with Crippen LogP contribution in [0.5, 0.6) is 11.8 Å². The number of carboxylic acid groups (broad SMARTS) is 2. The van der Waals surface area contributed by atoms with E-state index in [0.717, 1.165) is 22.7 Å². The number of pyridine rings is 2.